The van der Waals surface area contributed by atoms with Crippen molar-refractivity contribution in [1.82, 2.24) is 0 Å². The SMILES string of the molecule is CC1=C(C)C2=C(C)N=[C]C2=C1. The van der Waals surface area contributed by atoms with Crippen LogP contribution in [0.3, 0.4) is 0 Å². The summed E-state index contributed by atoms with van der Waals surface area (Å²) in [7, 11) is 0. The quantitative estimate of drug-likeness (QED) is 0.495. The molecule has 1 heterocycles. The van der Waals surface area contributed by atoms with Crippen LogP contribution in [-0.4, -0.2) is 6.21 Å². The van der Waals surface area contributed by atoms with E-state index in [1.807, 2.05) is 6.92 Å². The molecule has 0 saturated carbocycles. The van der Waals surface area contributed by atoms with Crippen molar-refractivity contribution in [2.24, 2.45) is 4.99 Å². The average molecular weight is 144 g/mol. The Bertz CT molecular complexity index is 334. The second-order valence-corrected chi connectivity index (χ2v) is 3.05. The van der Waals surface area contributed by atoms with Crippen molar-refractivity contribution in [3.05, 3.63) is 34.1 Å². The molecule has 0 fully saturated rings. The third-order valence-electron chi connectivity index (χ3n) is 2.30. The van der Waals surface area contributed by atoms with Gasteiger partial charge in [0.05, 0.1) is 6.21 Å². The summed E-state index contributed by atoms with van der Waals surface area (Å²) in [4.78, 5) is 4.13. The second-order valence-electron chi connectivity index (χ2n) is 3.05. The normalized spacial score (nSPS) is 21.5. The Kier molecular flexibility index (Phi) is 1.16. The van der Waals surface area contributed by atoms with Crippen molar-refractivity contribution in [2.75, 3.05) is 0 Å². The summed E-state index contributed by atoms with van der Waals surface area (Å²) in [5.41, 5.74) is 6.26. The number of rotatable bonds is 0. The Hall–Kier alpha value is -1.11. The fourth-order valence-electron chi connectivity index (χ4n) is 1.55. The van der Waals surface area contributed by atoms with Gasteiger partial charge in [0, 0.05) is 16.8 Å². The Labute approximate surface area is 66.8 Å². The minimum Gasteiger partial charge on any atom is -0.250 e. The molecular weight excluding hydrogens is 134 g/mol. The second kappa shape index (κ2) is 1.94. The fraction of sp³-hybridized carbons (Fsp3) is 0.300. The Morgan fingerprint density at radius 1 is 1.27 bits per heavy atom. The highest BCUT2D eigenvalue weighted by atomic mass is 14.8. The molecule has 0 unspecified atom stereocenters. The zero-order valence-corrected chi connectivity index (χ0v) is 7.02. The van der Waals surface area contributed by atoms with E-state index in [0.717, 1.165) is 11.3 Å². The molecule has 0 atom stereocenters. The molecule has 1 aliphatic carbocycles. The van der Waals surface area contributed by atoms with Crippen LogP contribution >= 0.6 is 0 Å². The Morgan fingerprint density at radius 2 is 2.00 bits per heavy atom. The number of hydrogen-bond donors (Lipinski definition) is 0. The van der Waals surface area contributed by atoms with E-state index < -0.39 is 0 Å². The molecule has 0 saturated heterocycles. The van der Waals surface area contributed by atoms with Gasteiger partial charge in [-0.25, -0.2) is 0 Å². The van der Waals surface area contributed by atoms with Gasteiger partial charge in [-0.2, -0.15) is 0 Å². The monoisotopic (exact) mass is 144 g/mol. The number of allylic oxidation sites excluding steroid dienone is 6. The number of fused-ring (bicyclic) bond motifs is 1. The van der Waals surface area contributed by atoms with Crippen LogP contribution in [0.4, 0.5) is 0 Å². The number of aliphatic imine (C=N–C) groups is 1. The molecular formula is C10H10N. The molecule has 2 aliphatic rings. The molecule has 0 spiro atoms. The van der Waals surface area contributed by atoms with E-state index in [-0.39, 0.29) is 0 Å². The molecule has 0 aromatic heterocycles. The summed E-state index contributed by atoms with van der Waals surface area (Å²) in [5.74, 6) is 0. The summed E-state index contributed by atoms with van der Waals surface area (Å²) >= 11 is 0. The Morgan fingerprint density at radius 3 is 2.64 bits per heavy atom. The molecule has 0 bridgehead atoms. The van der Waals surface area contributed by atoms with E-state index in [2.05, 4.69) is 31.1 Å². The smallest absolute Gasteiger partial charge is 0.0975 e. The van der Waals surface area contributed by atoms with Crippen molar-refractivity contribution in [1.29, 1.82) is 0 Å². The van der Waals surface area contributed by atoms with E-state index in [1.165, 1.54) is 16.7 Å². The first-order valence-corrected chi connectivity index (χ1v) is 3.77. The first-order valence-electron chi connectivity index (χ1n) is 3.77. The van der Waals surface area contributed by atoms with Crippen molar-refractivity contribution in [3.8, 4) is 0 Å². The lowest BCUT2D eigenvalue weighted by atomic mass is 10.1. The maximum absolute atomic E-state index is 4.13. The van der Waals surface area contributed by atoms with Crippen LogP contribution in [0.25, 0.3) is 0 Å². The molecule has 0 aromatic carbocycles. The van der Waals surface area contributed by atoms with Gasteiger partial charge in [-0.1, -0.05) is 0 Å². The summed E-state index contributed by atoms with van der Waals surface area (Å²) < 4.78 is 0. The lowest BCUT2D eigenvalue weighted by Gasteiger charge is -1.98. The van der Waals surface area contributed by atoms with Gasteiger partial charge in [-0.05, 0) is 38.0 Å². The summed E-state index contributed by atoms with van der Waals surface area (Å²) in [6.45, 7) is 6.30. The molecule has 55 valence electrons. The van der Waals surface area contributed by atoms with Crippen LogP contribution in [0.5, 0.6) is 0 Å². The Balaban J connectivity index is 2.62. The van der Waals surface area contributed by atoms with Crippen LogP contribution in [0.2, 0.25) is 0 Å². The van der Waals surface area contributed by atoms with Crippen molar-refractivity contribution in [2.45, 2.75) is 20.8 Å². The van der Waals surface area contributed by atoms with Gasteiger partial charge in [0.2, 0.25) is 0 Å². The summed E-state index contributed by atoms with van der Waals surface area (Å²) in [6, 6.07) is 0. The largest absolute Gasteiger partial charge is 0.250 e. The zero-order valence-electron chi connectivity index (χ0n) is 7.02. The van der Waals surface area contributed by atoms with Gasteiger partial charge in [-0.15, -0.1) is 0 Å². The molecule has 1 radical (unpaired) electrons. The van der Waals surface area contributed by atoms with Crippen LogP contribution in [0.15, 0.2) is 39.1 Å². The molecule has 2 rings (SSSR count). The van der Waals surface area contributed by atoms with Crippen LogP contribution in [-0.2, 0) is 0 Å². The van der Waals surface area contributed by atoms with E-state index in [4.69, 9.17) is 0 Å². The van der Waals surface area contributed by atoms with E-state index >= 15 is 0 Å². The molecule has 0 amide bonds. The third-order valence-corrected chi connectivity index (χ3v) is 2.30. The van der Waals surface area contributed by atoms with E-state index in [1.54, 1.807) is 0 Å². The maximum atomic E-state index is 4.13. The van der Waals surface area contributed by atoms with Crippen molar-refractivity contribution < 1.29 is 0 Å². The number of hydrogen-bond acceptors (Lipinski definition) is 1. The van der Waals surface area contributed by atoms with Crippen LogP contribution in [0.1, 0.15) is 20.8 Å². The molecule has 0 N–H and O–H groups in total. The van der Waals surface area contributed by atoms with Crippen LogP contribution in [0, 0.1) is 0 Å². The van der Waals surface area contributed by atoms with Gasteiger partial charge in [0.1, 0.15) is 0 Å². The minimum atomic E-state index is 1.10. The maximum Gasteiger partial charge on any atom is 0.0975 e. The van der Waals surface area contributed by atoms with Crippen LogP contribution < -0.4 is 0 Å². The third kappa shape index (κ3) is 0.739. The predicted octanol–water partition coefficient (Wildman–Crippen LogP) is 2.50. The highest BCUT2D eigenvalue weighted by Crippen LogP contribution is 2.35. The molecule has 0 aromatic rings. The lowest BCUT2D eigenvalue weighted by molar-refractivity contribution is 1.26. The predicted molar refractivity (Wildman–Crippen MR) is 46.6 cm³/mol. The topological polar surface area (TPSA) is 12.4 Å². The first-order chi connectivity index (χ1) is 5.20. The summed E-state index contributed by atoms with van der Waals surface area (Å²) in [6.07, 6.45) is 5.14. The van der Waals surface area contributed by atoms with Gasteiger partial charge < -0.3 is 0 Å². The standard InChI is InChI=1S/C10H10N/c1-6-4-9-5-11-8(3)10(9)7(6)2/h4H,1-3H3. The first kappa shape index (κ1) is 6.59. The van der Waals surface area contributed by atoms with Gasteiger partial charge in [-0.3, -0.25) is 4.99 Å². The number of nitrogens with zero attached hydrogens (tertiary/aromatic N) is 1. The highest BCUT2D eigenvalue weighted by molar-refractivity contribution is 5.94. The van der Waals surface area contributed by atoms with Crippen molar-refractivity contribution in [3.63, 3.8) is 0 Å². The molecule has 1 aliphatic heterocycles. The summed E-state index contributed by atoms with van der Waals surface area (Å²) in [5, 5.41) is 0. The van der Waals surface area contributed by atoms with E-state index in [0.29, 0.717) is 0 Å². The molecule has 11 heavy (non-hydrogen) atoms. The van der Waals surface area contributed by atoms with Gasteiger partial charge in [0.15, 0.2) is 0 Å². The average Bonchev–Trinajstić information content (AvgIpc) is 2.41. The zero-order chi connectivity index (χ0) is 8.01. The lowest BCUT2D eigenvalue weighted by Crippen LogP contribution is -1.83. The fourth-order valence-corrected chi connectivity index (χ4v) is 1.55. The van der Waals surface area contributed by atoms with Gasteiger partial charge in [0.25, 0.3) is 0 Å². The highest BCUT2D eigenvalue weighted by Gasteiger charge is 2.21. The minimum absolute atomic E-state index is 1.10. The van der Waals surface area contributed by atoms with Crippen molar-refractivity contribution >= 4 is 6.21 Å². The van der Waals surface area contributed by atoms with E-state index in [9.17, 15) is 0 Å². The molecule has 1 nitrogen and oxygen atoms in total. The molecule has 1 heteroatoms. The van der Waals surface area contributed by atoms with Gasteiger partial charge >= 0.3 is 0 Å².